The van der Waals surface area contributed by atoms with Gasteiger partial charge in [0.15, 0.2) is 0 Å². The smallest absolute Gasteiger partial charge is 0.326 e. The minimum atomic E-state index is -1.04. The summed E-state index contributed by atoms with van der Waals surface area (Å²) in [6, 6.07) is -0.908. The molecular weight excluding hydrogens is 238 g/mol. The fraction of sp³-hybridized carbons (Fsp3) is 0.545. The Bertz CT molecular complexity index is 432. The largest absolute Gasteiger partial charge is 0.480 e. The van der Waals surface area contributed by atoms with Crippen LogP contribution in [0.3, 0.4) is 0 Å². The highest BCUT2D eigenvalue weighted by Crippen LogP contribution is 2.21. The highest BCUT2D eigenvalue weighted by Gasteiger charge is 2.37. The molecule has 1 aromatic heterocycles. The van der Waals surface area contributed by atoms with E-state index in [0.717, 1.165) is 0 Å². The number of aliphatic hydroxyl groups is 1. The summed E-state index contributed by atoms with van der Waals surface area (Å²) >= 11 is 0. The predicted molar refractivity (Wildman–Crippen MR) is 60.6 cm³/mol. The van der Waals surface area contributed by atoms with E-state index in [1.165, 1.54) is 11.2 Å². The topological polar surface area (TPSA) is 107 Å². The number of imidazole rings is 1. The van der Waals surface area contributed by atoms with Crippen molar-refractivity contribution in [2.45, 2.75) is 18.9 Å². The number of amides is 1. The molecule has 0 saturated carbocycles. The van der Waals surface area contributed by atoms with Crippen LogP contribution in [-0.2, 0) is 16.0 Å². The van der Waals surface area contributed by atoms with Gasteiger partial charge in [-0.25, -0.2) is 9.78 Å². The van der Waals surface area contributed by atoms with Crippen LogP contribution >= 0.6 is 0 Å². The first-order valence-corrected chi connectivity index (χ1v) is 5.72. The second-order valence-corrected chi connectivity index (χ2v) is 4.43. The predicted octanol–water partition coefficient (Wildman–Crippen LogP) is -0.754. The van der Waals surface area contributed by atoms with Gasteiger partial charge < -0.3 is 20.1 Å². The summed E-state index contributed by atoms with van der Waals surface area (Å²) in [5.41, 5.74) is 0.669. The fourth-order valence-electron chi connectivity index (χ4n) is 2.17. The van der Waals surface area contributed by atoms with Crippen LogP contribution in [0.25, 0.3) is 0 Å². The van der Waals surface area contributed by atoms with Crippen LogP contribution in [0.5, 0.6) is 0 Å². The number of aliphatic hydroxyl groups excluding tert-OH is 1. The average Bonchev–Trinajstić information content (AvgIpc) is 2.95. The maximum Gasteiger partial charge on any atom is 0.326 e. The van der Waals surface area contributed by atoms with Gasteiger partial charge in [-0.2, -0.15) is 0 Å². The molecule has 1 saturated heterocycles. The second-order valence-electron chi connectivity index (χ2n) is 4.43. The third-order valence-electron chi connectivity index (χ3n) is 3.13. The molecule has 1 amide bonds. The van der Waals surface area contributed by atoms with E-state index in [0.29, 0.717) is 12.2 Å². The van der Waals surface area contributed by atoms with Crippen molar-refractivity contribution in [3.63, 3.8) is 0 Å². The number of nitrogens with one attached hydrogen (secondary N) is 1. The first kappa shape index (κ1) is 12.6. The van der Waals surface area contributed by atoms with Gasteiger partial charge in [0.1, 0.15) is 6.04 Å². The lowest BCUT2D eigenvalue weighted by Gasteiger charge is -2.24. The Balaban J connectivity index is 2.11. The first-order chi connectivity index (χ1) is 8.61. The maximum atomic E-state index is 11.7. The Morgan fingerprint density at radius 2 is 2.44 bits per heavy atom. The van der Waals surface area contributed by atoms with Gasteiger partial charge in [0.2, 0.25) is 5.91 Å². The van der Waals surface area contributed by atoms with Crippen molar-refractivity contribution < 1.29 is 19.8 Å². The first-order valence-electron chi connectivity index (χ1n) is 5.72. The van der Waals surface area contributed by atoms with E-state index < -0.39 is 12.0 Å². The lowest BCUT2D eigenvalue weighted by molar-refractivity contribution is -0.148. The highest BCUT2D eigenvalue weighted by molar-refractivity contribution is 5.85. The molecule has 1 aromatic rings. The van der Waals surface area contributed by atoms with Crippen molar-refractivity contribution in [3.8, 4) is 0 Å². The zero-order chi connectivity index (χ0) is 13.1. The standard InChI is InChI=1S/C11H15N3O4/c15-5-7-1-10(16)14(4-7)9(11(17)18)2-8-3-12-6-13-8/h3,6-7,9,15H,1-2,4-5H2,(H,12,13)(H,17,18)/t7?,9-/m0/s1. The van der Waals surface area contributed by atoms with Crippen molar-refractivity contribution in [2.24, 2.45) is 5.92 Å². The molecule has 7 nitrogen and oxygen atoms in total. The lowest BCUT2D eigenvalue weighted by Crippen LogP contribution is -2.43. The number of aromatic nitrogens is 2. The maximum absolute atomic E-state index is 11.7. The number of carboxylic acids is 1. The molecule has 1 unspecified atom stereocenters. The van der Waals surface area contributed by atoms with E-state index in [-0.39, 0.29) is 31.3 Å². The number of likely N-dealkylation sites (tertiary alicyclic amines) is 1. The monoisotopic (exact) mass is 253 g/mol. The summed E-state index contributed by atoms with van der Waals surface area (Å²) in [6.07, 6.45) is 3.42. The van der Waals surface area contributed by atoms with E-state index >= 15 is 0 Å². The normalized spacial score (nSPS) is 21.3. The molecule has 1 fully saturated rings. The molecule has 2 rings (SSSR count). The van der Waals surface area contributed by atoms with Crippen LogP contribution < -0.4 is 0 Å². The molecular formula is C11H15N3O4. The summed E-state index contributed by atoms with van der Waals surface area (Å²) in [5.74, 6) is -1.43. The third kappa shape index (κ3) is 2.51. The molecule has 0 radical (unpaired) electrons. The van der Waals surface area contributed by atoms with Crippen LogP contribution in [0.15, 0.2) is 12.5 Å². The van der Waals surface area contributed by atoms with Gasteiger partial charge in [-0.1, -0.05) is 0 Å². The molecule has 0 bridgehead atoms. The number of aromatic amines is 1. The van der Waals surface area contributed by atoms with Crippen molar-refractivity contribution in [2.75, 3.05) is 13.2 Å². The number of carbonyl (C=O) groups is 2. The van der Waals surface area contributed by atoms with Crippen LogP contribution in [0.2, 0.25) is 0 Å². The van der Waals surface area contributed by atoms with Crippen LogP contribution in [-0.4, -0.2) is 56.2 Å². The van der Waals surface area contributed by atoms with Crippen LogP contribution in [0.4, 0.5) is 0 Å². The Kier molecular flexibility index (Phi) is 3.61. The fourth-order valence-corrected chi connectivity index (χ4v) is 2.17. The number of nitrogens with zero attached hydrogens (tertiary/aromatic N) is 2. The molecule has 0 aliphatic carbocycles. The number of rotatable bonds is 5. The number of hydrogen-bond donors (Lipinski definition) is 3. The van der Waals surface area contributed by atoms with Gasteiger partial charge in [-0.3, -0.25) is 4.79 Å². The van der Waals surface area contributed by atoms with Crippen molar-refractivity contribution in [1.29, 1.82) is 0 Å². The Morgan fingerprint density at radius 1 is 1.67 bits per heavy atom. The molecule has 2 heterocycles. The molecule has 2 atom stereocenters. The molecule has 0 aromatic carbocycles. The minimum Gasteiger partial charge on any atom is -0.480 e. The minimum absolute atomic E-state index is 0.0986. The number of hydrogen-bond acceptors (Lipinski definition) is 4. The summed E-state index contributed by atoms with van der Waals surface area (Å²) in [6.45, 7) is 0.194. The molecule has 7 heteroatoms. The Morgan fingerprint density at radius 3 is 2.94 bits per heavy atom. The van der Waals surface area contributed by atoms with E-state index in [4.69, 9.17) is 5.11 Å². The van der Waals surface area contributed by atoms with Crippen LogP contribution in [0.1, 0.15) is 12.1 Å². The molecule has 18 heavy (non-hydrogen) atoms. The molecule has 0 spiro atoms. The van der Waals surface area contributed by atoms with Crippen molar-refractivity contribution in [1.82, 2.24) is 14.9 Å². The van der Waals surface area contributed by atoms with Gasteiger partial charge in [0.25, 0.3) is 0 Å². The zero-order valence-corrected chi connectivity index (χ0v) is 9.74. The third-order valence-corrected chi connectivity index (χ3v) is 3.13. The number of carbonyl (C=O) groups excluding carboxylic acids is 1. The number of H-pyrrole nitrogens is 1. The Hall–Kier alpha value is -1.89. The zero-order valence-electron chi connectivity index (χ0n) is 9.74. The lowest BCUT2D eigenvalue weighted by atomic mass is 10.1. The molecule has 1 aliphatic heterocycles. The van der Waals surface area contributed by atoms with Gasteiger partial charge in [-0.05, 0) is 0 Å². The second kappa shape index (κ2) is 5.18. The van der Waals surface area contributed by atoms with E-state index in [1.807, 2.05) is 0 Å². The van der Waals surface area contributed by atoms with Gasteiger partial charge in [-0.15, -0.1) is 0 Å². The van der Waals surface area contributed by atoms with Gasteiger partial charge in [0, 0.05) is 43.8 Å². The average molecular weight is 253 g/mol. The summed E-state index contributed by atoms with van der Waals surface area (Å²) in [4.78, 5) is 31.0. The highest BCUT2D eigenvalue weighted by atomic mass is 16.4. The number of carboxylic acid groups (broad SMARTS) is 1. The van der Waals surface area contributed by atoms with Crippen molar-refractivity contribution in [3.05, 3.63) is 18.2 Å². The molecule has 1 aliphatic rings. The van der Waals surface area contributed by atoms with E-state index in [1.54, 1.807) is 6.20 Å². The number of aliphatic carboxylic acids is 1. The van der Waals surface area contributed by atoms with Crippen molar-refractivity contribution >= 4 is 11.9 Å². The van der Waals surface area contributed by atoms with Crippen LogP contribution in [0, 0.1) is 5.92 Å². The quantitative estimate of drug-likeness (QED) is 0.640. The molecule has 3 N–H and O–H groups in total. The SMILES string of the molecule is O=C(O)[C@H](Cc1cnc[nH]1)N1CC(CO)CC1=O. The summed E-state index contributed by atoms with van der Waals surface area (Å²) < 4.78 is 0. The summed E-state index contributed by atoms with van der Waals surface area (Å²) in [5, 5.41) is 18.3. The van der Waals surface area contributed by atoms with E-state index in [9.17, 15) is 14.7 Å². The summed E-state index contributed by atoms with van der Waals surface area (Å²) in [7, 11) is 0. The Labute approximate surface area is 103 Å². The van der Waals surface area contributed by atoms with Gasteiger partial charge in [0.05, 0.1) is 6.33 Å². The van der Waals surface area contributed by atoms with Gasteiger partial charge >= 0.3 is 5.97 Å². The molecule has 98 valence electrons. The van der Waals surface area contributed by atoms with E-state index in [2.05, 4.69) is 9.97 Å².